The van der Waals surface area contributed by atoms with Gasteiger partial charge in [-0.05, 0) is 18.2 Å². The molecular weight excluding hydrogens is 288 g/mol. The number of hydrogen-bond donors (Lipinski definition) is 1. The lowest BCUT2D eigenvalue weighted by atomic mass is 10.0. The molecule has 5 heteroatoms. The summed E-state index contributed by atoms with van der Waals surface area (Å²) in [7, 11) is 1.58. The number of likely N-dealkylation sites (N-methyl/N-ethyl adjacent to an activating group) is 1. The van der Waals surface area contributed by atoms with Gasteiger partial charge in [-0.25, -0.2) is 0 Å². The minimum Gasteiger partial charge on any atom is -0.322 e. The maximum atomic E-state index is 12.6. The lowest BCUT2D eigenvalue weighted by Crippen LogP contribution is -2.33. The average molecular weight is 303 g/mol. The number of ketones is 1. The van der Waals surface area contributed by atoms with Gasteiger partial charge in [-0.15, -0.1) is 0 Å². The Labute approximate surface area is 128 Å². The third-order valence-corrected chi connectivity index (χ3v) is 3.38. The monoisotopic (exact) mass is 302 g/mol. The molecule has 2 N–H and O–H groups in total. The summed E-state index contributed by atoms with van der Waals surface area (Å²) in [6.45, 7) is -0.127. The zero-order valence-electron chi connectivity index (χ0n) is 11.5. The number of benzene rings is 2. The van der Waals surface area contributed by atoms with Crippen molar-refractivity contribution in [3.05, 3.63) is 64.7 Å². The van der Waals surface area contributed by atoms with Gasteiger partial charge >= 0.3 is 0 Å². The smallest absolute Gasteiger partial charge is 0.240 e. The second-order valence-electron chi connectivity index (χ2n) is 4.51. The molecule has 0 aromatic heterocycles. The fourth-order valence-electron chi connectivity index (χ4n) is 2.00. The van der Waals surface area contributed by atoms with Crippen LogP contribution in [0.4, 0.5) is 5.69 Å². The molecule has 0 spiro atoms. The summed E-state index contributed by atoms with van der Waals surface area (Å²) >= 11 is 5.99. The second-order valence-corrected chi connectivity index (χ2v) is 4.95. The summed E-state index contributed by atoms with van der Waals surface area (Å²) in [5.41, 5.74) is 6.77. The first-order valence-corrected chi connectivity index (χ1v) is 6.78. The quantitative estimate of drug-likeness (QED) is 0.883. The van der Waals surface area contributed by atoms with E-state index < -0.39 is 0 Å². The Balaban J connectivity index is 2.50. The third-order valence-electron chi connectivity index (χ3n) is 3.15. The Kier molecular flexibility index (Phi) is 4.73. The Bertz CT molecular complexity index is 671. The Hall–Kier alpha value is -2.17. The van der Waals surface area contributed by atoms with E-state index in [0.717, 1.165) is 0 Å². The fourth-order valence-corrected chi connectivity index (χ4v) is 2.17. The topological polar surface area (TPSA) is 63.4 Å². The Morgan fingerprint density at radius 3 is 2.43 bits per heavy atom. The molecule has 0 radical (unpaired) electrons. The molecular formula is C16H15ClN2O2. The minimum atomic E-state index is -0.278. The van der Waals surface area contributed by atoms with Crippen molar-refractivity contribution < 1.29 is 9.59 Å². The molecule has 0 saturated carbocycles. The standard InChI is InChI=1S/C16H15ClN2O2/c1-19(15(20)10-18)14-8-7-12(17)9-13(14)16(21)11-5-3-2-4-6-11/h2-9H,10,18H2,1H3. The van der Waals surface area contributed by atoms with E-state index in [0.29, 0.717) is 21.8 Å². The van der Waals surface area contributed by atoms with Crippen LogP contribution < -0.4 is 10.6 Å². The largest absolute Gasteiger partial charge is 0.322 e. The summed E-state index contributed by atoms with van der Waals surface area (Å²) in [6, 6.07) is 13.7. The molecule has 0 aliphatic carbocycles. The third kappa shape index (κ3) is 3.29. The van der Waals surface area contributed by atoms with Crippen molar-refractivity contribution in [1.82, 2.24) is 0 Å². The molecule has 108 valence electrons. The summed E-state index contributed by atoms with van der Waals surface area (Å²) in [5, 5.41) is 0.437. The molecule has 0 fully saturated rings. The molecule has 0 bridgehead atoms. The number of carbonyl (C=O) groups excluding carboxylic acids is 2. The lowest BCUT2D eigenvalue weighted by molar-refractivity contribution is -0.117. The Morgan fingerprint density at radius 2 is 1.81 bits per heavy atom. The normalized spacial score (nSPS) is 10.2. The van der Waals surface area contributed by atoms with Gasteiger partial charge in [0.1, 0.15) is 0 Å². The van der Waals surface area contributed by atoms with Gasteiger partial charge in [-0.3, -0.25) is 9.59 Å². The summed E-state index contributed by atoms with van der Waals surface area (Å²) in [4.78, 5) is 25.7. The van der Waals surface area contributed by atoms with Gasteiger partial charge in [0.2, 0.25) is 5.91 Å². The van der Waals surface area contributed by atoms with Gasteiger partial charge in [0.25, 0.3) is 0 Å². The van der Waals surface area contributed by atoms with Crippen LogP contribution in [0.1, 0.15) is 15.9 Å². The van der Waals surface area contributed by atoms with E-state index in [-0.39, 0.29) is 18.2 Å². The fraction of sp³-hybridized carbons (Fsp3) is 0.125. The maximum Gasteiger partial charge on any atom is 0.240 e. The molecule has 21 heavy (non-hydrogen) atoms. The molecule has 1 amide bonds. The van der Waals surface area contributed by atoms with Crippen LogP contribution >= 0.6 is 11.6 Å². The number of nitrogens with two attached hydrogens (primary N) is 1. The van der Waals surface area contributed by atoms with Crippen LogP contribution in [0, 0.1) is 0 Å². The van der Waals surface area contributed by atoms with E-state index in [2.05, 4.69) is 0 Å². The average Bonchev–Trinajstić information content (AvgIpc) is 2.53. The van der Waals surface area contributed by atoms with Crippen molar-refractivity contribution in [2.45, 2.75) is 0 Å². The van der Waals surface area contributed by atoms with Crippen LogP contribution in [0.2, 0.25) is 5.02 Å². The molecule has 0 aliphatic heterocycles. The van der Waals surface area contributed by atoms with Gasteiger partial charge in [0.15, 0.2) is 5.78 Å². The highest BCUT2D eigenvalue weighted by molar-refractivity contribution is 6.31. The first-order valence-electron chi connectivity index (χ1n) is 6.40. The predicted molar refractivity (Wildman–Crippen MR) is 83.8 cm³/mol. The van der Waals surface area contributed by atoms with Crippen LogP contribution in [0.5, 0.6) is 0 Å². The van der Waals surface area contributed by atoms with E-state index in [4.69, 9.17) is 17.3 Å². The number of hydrogen-bond acceptors (Lipinski definition) is 3. The van der Waals surface area contributed by atoms with Crippen LogP contribution in [0.25, 0.3) is 0 Å². The molecule has 2 rings (SSSR count). The number of anilines is 1. The first kappa shape index (κ1) is 15.2. The highest BCUT2D eigenvalue weighted by Crippen LogP contribution is 2.26. The number of amides is 1. The lowest BCUT2D eigenvalue weighted by Gasteiger charge is -2.20. The Morgan fingerprint density at radius 1 is 1.14 bits per heavy atom. The van der Waals surface area contributed by atoms with Crippen molar-refractivity contribution in [1.29, 1.82) is 0 Å². The SMILES string of the molecule is CN(C(=O)CN)c1ccc(Cl)cc1C(=O)c1ccccc1. The van der Waals surface area contributed by atoms with E-state index in [1.807, 2.05) is 6.07 Å². The molecule has 0 unspecified atom stereocenters. The summed E-state index contributed by atoms with van der Waals surface area (Å²) in [6.07, 6.45) is 0. The first-order chi connectivity index (χ1) is 10.0. The molecule has 0 aliphatic rings. The molecule has 4 nitrogen and oxygen atoms in total. The molecule has 0 heterocycles. The number of carbonyl (C=O) groups is 2. The zero-order chi connectivity index (χ0) is 15.4. The van der Waals surface area contributed by atoms with Gasteiger partial charge in [0.05, 0.1) is 12.2 Å². The zero-order valence-corrected chi connectivity index (χ0v) is 12.3. The minimum absolute atomic E-state index is 0.127. The molecule has 2 aromatic carbocycles. The summed E-state index contributed by atoms with van der Waals surface area (Å²) < 4.78 is 0. The van der Waals surface area contributed by atoms with Crippen LogP contribution in [0.3, 0.4) is 0 Å². The van der Waals surface area contributed by atoms with E-state index >= 15 is 0 Å². The van der Waals surface area contributed by atoms with E-state index in [1.165, 1.54) is 4.90 Å². The van der Waals surface area contributed by atoms with Gasteiger partial charge < -0.3 is 10.6 Å². The summed E-state index contributed by atoms with van der Waals surface area (Å²) in [5.74, 6) is -0.468. The van der Waals surface area contributed by atoms with Gasteiger partial charge in [-0.2, -0.15) is 0 Å². The predicted octanol–water partition coefficient (Wildman–Crippen LogP) is 2.49. The highest BCUT2D eigenvalue weighted by Gasteiger charge is 2.19. The van der Waals surface area contributed by atoms with Crippen molar-refractivity contribution in [3.8, 4) is 0 Å². The van der Waals surface area contributed by atoms with Crippen molar-refractivity contribution in [3.63, 3.8) is 0 Å². The number of rotatable bonds is 4. The van der Waals surface area contributed by atoms with Crippen molar-refractivity contribution >= 4 is 29.0 Å². The number of halogens is 1. The molecule has 2 aromatic rings. The highest BCUT2D eigenvalue weighted by atomic mass is 35.5. The van der Waals surface area contributed by atoms with Gasteiger partial charge in [-0.1, -0.05) is 41.9 Å². The molecule has 0 atom stereocenters. The van der Waals surface area contributed by atoms with Crippen LogP contribution in [0.15, 0.2) is 48.5 Å². The van der Waals surface area contributed by atoms with E-state index in [9.17, 15) is 9.59 Å². The van der Waals surface area contributed by atoms with E-state index in [1.54, 1.807) is 49.5 Å². The maximum absolute atomic E-state index is 12.6. The molecule has 0 saturated heterocycles. The van der Waals surface area contributed by atoms with Crippen LogP contribution in [-0.2, 0) is 4.79 Å². The van der Waals surface area contributed by atoms with Crippen molar-refractivity contribution in [2.75, 3.05) is 18.5 Å². The number of nitrogens with zero attached hydrogens (tertiary/aromatic N) is 1. The van der Waals surface area contributed by atoms with Crippen LogP contribution in [-0.4, -0.2) is 25.3 Å². The van der Waals surface area contributed by atoms with Gasteiger partial charge in [0, 0.05) is 23.2 Å². The second kappa shape index (κ2) is 6.52. The van der Waals surface area contributed by atoms with Crippen molar-refractivity contribution in [2.24, 2.45) is 5.73 Å².